The van der Waals surface area contributed by atoms with Crippen molar-refractivity contribution in [2.75, 3.05) is 24.6 Å². The summed E-state index contributed by atoms with van der Waals surface area (Å²) in [5.74, 6) is -3.18. The molecule has 0 bridgehead atoms. The summed E-state index contributed by atoms with van der Waals surface area (Å²) in [5.41, 5.74) is 2.70. The van der Waals surface area contributed by atoms with E-state index in [1.165, 1.54) is 6.07 Å². The molecule has 2 N–H and O–H groups in total. The van der Waals surface area contributed by atoms with Gasteiger partial charge in [0, 0.05) is 49.2 Å². The van der Waals surface area contributed by atoms with E-state index < -0.39 is 23.5 Å². The van der Waals surface area contributed by atoms with E-state index in [-0.39, 0.29) is 18.2 Å². The minimum absolute atomic E-state index is 0.0694. The summed E-state index contributed by atoms with van der Waals surface area (Å²) >= 11 is 0. The lowest BCUT2D eigenvalue weighted by Crippen LogP contribution is -2.50. The number of fused-ring (bicyclic) bond motifs is 1. The second-order valence-corrected chi connectivity index (χ2v) is 7.62. The van der Waals surface area contributed by atoms with Gasteiger partial charge in [0.25, 0.3) is 0 Å². The molecular weight excluding hydrogens is 365 g/mol. The van der Waals surface area contributed by atoms with Crippen molar-refractivity contribution in [2.45, 2.75) is 26.1 Å². The molecule has 5 rings (SSSR count). The molecule has 0 spiro atoms. The normalized spacial score (nSPS) is 23.1. The summed E-state index contributed by atoms with van der Waals surface area (Å²) in [6, 6.07) is 3.00. The van der Waals surface area contributed by atoms with Gasteiger partial charge in [0.2, 0.25) is 0 Å². The van der Waals surface area contributed by atoms with Crippen molar-refractivity contribution < 1.29 is 23.8 Å². The Labute approximate surface area is 160 Å². The summed E-state index contributed by atoms with van der Waals surface area (Å²) < 4.78 is 23.2. The van der Waals surface area contributed by atoms with Crippen molar-refractivity contribution in [3.05, 3.63) is 35.4 Å². The van der Waals surface area contributed by atoms with Gasteiger partial charge >= 0.3 is 5.97 Å². The van der Waals surface area contributed by atoms with Gasteiger partial charge in [-0.3, -0.25) is 9.59 Å². The predicted molar refractivity (Wildman–Crippen MR) is 99.3 cm³/mol. The first-order valence-corrected chi connectivity index (χ1v) is 9.38. The SMILES string of the molecule is C[C@H]1COc2c(-c3cc4n(c3)CCNC4)c(F)cc3c2N1CC(C(=O)O)C3=O. The summed E-state index contributed by atoms with van der Waals surface area (Å²) in [4.78, 5) is 26.1. The fraction of sp³-hybridized carbons (Fsp3) is 0.400. The molecule has 0 amide bonds. The molecule has 0 saturated heterocycles. The van der Waals surface area contributed by atoms with Crippen LogP contribution in [0.5, 0.6) is 5.75 Å². The fourth-order valence-electron chi connectivity index (χ4n) is 4.41. The summed E-state index contributed by atoms with van der Waals surface area (Å²) in [7, 11) is 0. The van der Waals surface area contributed by atoms with E-state index >= 15 is 4.39 Å². The quantitative estimate of drug-likeness (QED) is 0.768. The Balaban J connectivity index is 1.71. The van der Waals surface area contributed by atoms with Crippen molar-refractivity contribution in [3.8, 4) is 16.9 Å². The number of hydrogen-bond acceptors (Lipinski definition) is 5. The van der Waals surface area contributed by atoms with Gasteiger partial charge in [-0.1, -0.05) is 0 Å². The molecule has 3 aliphatic rings. The molecule has 28 heavy (non-hydrogen) atoms. The number of rotatable bonds is 2. The molecule has 0 fully saturated rings. The maximum absolute atomic E-state index is 15.2. The second kappa shape index (κ2) is 6.07. The number of aliphatic carboxylic acids is 1. The van der Waals surface area contributed by atoms with Crippen LogP contribution < -0.4 is 15.0 Å². The molecule has 8 heteroatoms. The van der Waals surface area contributed by atoms with Crippen LogP contribution in [0.4, 0.5) is 10.1 Å². The first kappa shape index (κ1) is 17.2. The zero-order valence-electron chi connectivity index (χ0n) is 15.4. The zero-order chi connectivity index (χ0) is 19.6. The van der Waals surface area contributed by atoms with Crippen molar-refractivity contribution in [1.82, 2.24) is 9.88 Å². The third-order valence-electron chi connectivity index (χ3n) is 5.86. The van der Waals surface area contributed by atoms with Gasteiger partial charge in [-0.05, 0) is 19.1 Å². The Bertz CT molecular complexity index is 992. The number of ketones is 1. The van der Waals surface area contributed by atoms with Gasteiger partial charge in [0.1, 0.15) is 18.3 Å². The van der Waals surface area contributed by atoms with Crippen molar-refractivity contribution in [3.63, 3.8) is 0 Å². The molecule has 2 aromatic rings. The summed E-state index contributed by atoms with van der Waals surface area (Å²) in [5, 5.41) is 12.7. The highest BCUT2D eigenvalue weighted by Gasteiger charge is 2.43. The molecule has 7 nitrogen and oxygen atoms in total. The Morgan fingerprint density at radius 1 is 1.39 bits per heavy atom. The number of nitrogens with one attached hydrogen (secondary N) is 1. The van der Waals surface area contributed by atoms with E-state index in [9.17, 15) is 14.7 Å². The monoisotopic (exact) mass is 385 g/mol. The van der Waals surface area contributed by atoms with Crippen LogP contribution in [0.2, 0.25) is 0 Å². The largest absolute Gasteiger partial charge is 0.488 e. The number of nitrogens with zero attached hydrogens (tertiary/aromatic N) is 2. The topological polar surface area (TPSA) is 83.8 Å². The van der Waals surface area contributed by atoms with E-state index in [1.54, 1.807) is 0 Å². The molecule has 2 atom stereocenters. The van der Waals surface area contributed by atoms with Crippen molar-refractivity contribution in [2.24, 2.45) is 5.92 Å². The Hall–Kier alpha value is -2.87. The number of carboxylic acid groups (broad SMARTS) is 1. The highest BCUT2D eigenvalue weighted by atomic mass is 19.1. The number of halogens is 1. The number of carbonyl (C=O) groups is 2. The molecule has 4 heterocycles. The van der Waals surface area contributed by atoms with Gasteiger partial charge in [-0.15, -0.1) is 0 Å². The summed E-state index contributed by atoms with van der Waals surface area (Å²) in [6.45, 7) is 4.66. The molecular formula is C20H20FN3O4. The number of Topliss-reactive ketones (excluding diaryl/α,β-unsaturated/α-hetero) is 1. The number of aromatic nitrogens is 1. The summed E-state index contributed by atoms with van der Waals surface area (Å²) in [6.07, 6.45) is 1.91. The fourth-order valence-corrected chi connectivity index (χ4v) is 4.41. The van der Waals surface area contributed by atoms with Crippen LogP contribution in [0.15, 0.2) is 18.3 Å². The first-order chi connectivity index (χ1) is 13.5. The highest BCUT2D eigenvalue weighted by molar-refractivity contribution is 6.15. The van der Waals surface area contributed by atoms with Gasteiger partial charge in [-0.25, -0.2) is 4.39 Å². The molecule has 3 aliphatic heterocycles. The maximum atomic E-state index is 15.2. The predicted octanol–water partition coefficient (Wildman–Crippen LogP) is 1.88. The molecule has 1 aromatic heterocycles. The standard InChI is InChI=1S/C20H20FN3O4/c1-10-9-28-19-16(11-4-12-6-22-2-3-23(12)7-11)15(21)5-13-17(19)24(10)8-14(18(13)25)20(26)27/h4-5,7,10,14,22H,2-3,6,8-9H2,1H3,(H,26,27)/t10-,14?/m0/s1. The average Bonchev–Trinajstić information content (AvgIpc) is 3.09. The molecule has 0 aliphatic carbocycles. The number of hydrogen-bond donors (Lipinski definition) is 2. The number of carboxylic acids is 1. The Morgan fingerprint density at radius 3 is 2.96 bits per heavy atom. The number of anilines is 1. The van der Waals surface area contributed by atoms with Crippen molar-refractivity contribution >= 4 is 17.4 Å². The van der Waals surface area contributed by atoms with Crippen LogP contribution in [0.25, 0.3) is 11.1 Å². The van der Waals surface area contributed by atoms with Gasteiger partial charge in [-0.2, -0.15) is 0 Å². The van der Waals surface area contributed by atoms with E-state index in [2.05, 4.69) is 9.88 Å². The van der Waals surface area contributed by atoms with Crippen LogP contribution in [0, 0.1) is 11.7 Å². The van der Waals surface area contributed by atoms with Crippen LogP contribution >= 0.6 is 0 Å². The number of benzene rings is 1. The van der Waals surface area contributed by atoms with E-state index in [0.29, 0.717) is 35.7 Å². The van der Waals surface area contributed by atoms with Crippen LogP contribution in [-0.2, 0) is 17.9 Å². The van der Waals surface area contributed by atoms with E-state index in [4.69, 9.17) is 4.74 Å². The van der Waals surface area contributed by atoms with Crippen LogP contribution in [0.1, 0.15) is 23.0 Å². The number of carbonyl (C=O) groups excluding carboxylic acids is 1. The first-order valence-electron chi connectivity index (χ1n) is 9.38. The van der Waals surface area contributed by atoms with Crippen LogP contribution in [0.3, 0.4) is 0 Å². The Kier molecular flexibility index (Phi) is 3.74. The smallest absolute Gasteiger partial charge is 0.316 e. The minimum atomic E-state index is -1.20. The molecule has 146 valence electrons. The van der Waals surface area contributed by atoms with Crippen molar-refractivity contribution in [1.29, 1.82) is 0 Å². The van der Waals surface area contributed by atoms with E-state index in [0.717, 1.165) is 18.8 Å². The molecule has 1 aromatic carbocycles. The van der Waals surface area contributed by atoms with Gasteiger partial charge in [0.15, 0.2) is 11.5 Å². The van der Waals surface area contributed by atoms with Gasteiger partial charge < -0.3 is 24.6 Å². The number of ether oxygens (including phenoxy) is 1. The molecule has 0 saturated carbocycles. The molecule has 1 unspecified atom stereocenters. The van der Waals surface area contributed by atoms with Gasteiger partial charge in [0.05, 0.1) is 17.3 Å². The average molecular weight is 385 g/mol. The second-order valence-electron chi connectivity index (χ2n) is 7.62. The Morgan fingerprint density at radius 2 is 2.21 bits per heavy atom. The third kappa shape index (κ3) is 2.37. The van der Waals surface area contributed by atoms with E-state index in [1.807, 2.05) is 24.1 Å². The van der Waals surface area contributed by atoms with Crippen LogP contribution in [-0.4, -0.2) is 47.2 Å². The zero-order valence-corrected chi connectivity index (χ0v) is 15.4. The maximum Gasteiger partial charge on any atom is 0.316 e. The third-order valence-corrected chi connectivity index (χ3v) is 5.86. The lowest BCUT2D eigenvalue weighted by Gasteiger charge is -2.42. The minimum Gasteiger partial charge on any atom is -0.488 e. The highest BCUT2D eigenvalue weighted by Crippen LogP contribution is 2.48. The lowest BCUT2D eigenvalue weighted by atomic mass is 9.87. The lowest BCUT2D eigenvalue weighted by molar-refractivity contribution is -0.139. The molecule has 0 radical (unpaired) electrons.